The standard InChI is InChI=1S/C17H16ClNO4/c1-9-10(2)14(17(21)23-4)19-15(13(9)16(20)22-3)11-5-7-12(18)8-6-11/h5-8H,1-4H3. The molecule has 0 radical (unpaired) electrons. The molecule has 0 bridgehead atoms. The van der Waals surface area contributed by atoms with Crippen LogP contribution in [-0.4, -0.2) is 31.1 Å². The van der Waals surface area contributed by atoms with E-state index in [4.69, 9.17) is 21.1 Å². The first-order valence-corrected chi connectivity index (χ1v) is 7.22. The SMILES string of the molecule is COC(=O)c1nc(-c2ccc(Cl)cc2)c(C(=O)OC)c(C)c1C. The molecule has 5 nitrogen and oxygen atoms in total. The van der Waals surface area contributed by atoms with Gasteiger partial charge in [-0.2, -0.15) is 0 Å². The third kappa shape index (κ3) is 3.19. The van der Waals surface area contributed by atoms with E-state index in [9.17, 15) is 9.59 Å². The Morgan fingerprint density at radius 3 is 2.04 bits per heavy atom. The molecule has 120 valence electrons. The van der Waals surface area contributed by atoms with Crippen molar-refractivity contribution in [3.63, 3.8) is 0 Å². The highest BCUT2D eigenvalue weighted by Crippen LogP contribution is 2.29. The van der Waals surface area contributed by atoms with Gasteiger partial charge in [-0.05, 0) is 37.1 Å². The van der Waals surface area contributed by atoms with Crippen molar-refractivity contribution in [1.82, 2.24) is 4.98 Å². The molecule has 0 atom stereocenters. The highest BCUT2D eigenvalue weighted by atomic mass is 35.5. The van der Waals surface area contributed by atoms with Crippen LogP contribution in [0.25, 0.3) is 11.3 Å². The lowest BCUT2D eigenvalue weighted by Gasteiger charge is -2.15. The van der Waals surface area contributed by atoms with Gasteiger partial charge in [0.25, 0.3) is 0 Å². The van der Waals surface area contributed by atoms with Crippen LogP contribution >= 0.6 is 11.6 Å². The summed E-state index contributed by atoms with van der Waals surface area (Å²) in [5.74, 6) is -1.07. The van der Waals surface area contributed by atoms with Crippen molar-refractivity contribution in [3.05, 3.63) is 51.7 Å². The zero-order chi connectivity index (χ0) is 17.1. The van der Waals surface area contributed by atoms with Crippen molar-refractivity contribution < 1.29 is 19.1 Å². The predicted molar refractivity (Wildman–Crippen MR) is 86.8 cm³/mol. The summed E-state index contributed by atoms with van der Waals surface area (Å²) in [7, 11) is 2.59. The van der Waals surface area contributed by atoms with Crippen molar-refractivity contribution >= 4 is 23.5 Å². The van der Waals surface area contributed by atoms with Crippen molar-refractivity contribution in [1.29, 1.82) is 0 Å². The van der Waals surface area contributed by atoms with Gasteiger partial charge in [-0.15, -0.1) is 0 Å². The van der Waals surface area contributed by atoms with Crippen LogP contribution in [0.4, 0.5) is 0 Å². The minimum absolute atomic E-state index is 0.169. The number of carbonyl (C=O) groups is 2. The summed E-state index contributed by atoms with van der Waals surface area (Å²) in [6, 6.07) is 6.83. The second-order valence-corrected chi connectivity index (χ2v) is 5.36. The van der Waals surface area contributed by atoms with Crippen LogP contribution in [0.1, 0.15) is 32.0 Å². The highest BCUT2D eigenvalue weighted by Gasteiger charge is 2.24. The molecule has 0 saturated heterocycles. The number of hydrogen-bond acceptors (Lipinski definition) is 5. The molecule has 2 rings (SSSR count). The predicted octanol–water partition coefficient (Wildman–Crippen LogP) is 3.59. The average molecular weight is 334 g/mol. The minimum Gasteiger partial charge on any atom is -0.465 e. The maximum absolute atomic E-state index is 12.2. The van der Waals surface area contributed by atoms with E-state index >= 15 is 0 Å². The summed E-state index contributed by atoms with van der Waals surface area (Å²) in [6.45, 7) is 3.46. The molecule has 0 aliphatic carbocycles. The molecule has 6 heteroatoms. The average Bonchev–Trinajstić information content (AvgIpc) is 2.56. The third-order valence-electron chi connectivity index (χ3n) is 3.64. The number of esters is 2. The summed E-state index contributed by atoms with van der Waals surface area (Å²) in [4.78, 5) is 28.5. The fourth-order valence-electron chi connectivity index (χ4n) is 2.26. The zero-order valence-corrected chi connectivity index (χ0v) is 14.0. The molecule has 0 aliphatic rings. The zero-order valence-electron chi connectivity index (χ0n) is 13.3. The van der Waals surface area contributed by atoms with Crippen molar-refractivity contribution in [3.8, 4) is 11.3 Å². The van der Waals surface area contributed by atoms with Gasteiger partial charge in [-0.3, -0.25) is 0 Å². The number of rotatable bonds is 3. The lowest BCUT2D eigenvalue weighted by atomic mass is 9.96. The van der Waals surface area contributed by atoms with E-state index < -0.39 is 11.9 Å². The smallest absolute Gasteiger partial charge is 0.356 e. The molecule has 23 heavy (non-hydrogen) atoms. The maximum Gasteiger partial charge on any atom is 0.356 e. The Bertz CT molecular complexity index is 769. The van der Waals surface area contributed by atoms with Crippen LogP contribution < -0.4 is 0 Å². The number of benzene rings is 1. The molecule has 1 heterocycles. The normalized spacial score (nSPS) is 10.3. The number of pyridine rings is 1. The topological polar surface area (TPSA) is 65.5 Å². The van der Waals surface area contributed by atoms with Gasteiger partial charge >= 0.3 is 11.9 Å². The Hall–Kier alpha value is -2.40. The largest absolute Gasteiger partial charge is 0.465 e. The van der Waals surface area contributed by atoms with Gasteiger partial charge in [0.05, 0.1) is 25.5 Å². The minimum atomic E-state index is -0.558. The second kappa shape index (κ2) is 6.79. The van der Waals surface area contributed by atoms with Gasteiger partial charge < -0.3 is 9.47 Å². The van der Waals surface area contributed by atoms with Gasteiger partial charge in [0.15, 0.2) is 5.69 Å². The van der Waals surface area contributed by atoms with Crippen LogP contribution in [0.2, 0.25) is 5.02 Å². The molecule has 0 fully saturated rings. The molecule has 2 aromatic rings. The third-order valence-corrected chi connectivity index (χ3v) is 3.89. The summed E-state index contributed by atoms with van der Waals surface area (Å²) in [5, 5.41) is 0.561. The van der Waals surface area contributed by atoms with Crippen LogP contribution in [0.5, 0.6) is 0 Å². The number of halogens is 1. The lowest BCUT2D eigenvalue weighted by Crippen LogP contribution is -2.15. The summed E-state index contributed by atoms with van der Waals surface area (Å²) < 4.78 is 9.63. The monoisotopic (exact) mass is 333 g/mol. The van der Waals surface area contributed by atoms with E-state index in [1.54, 1.807) is 38.1 Å². The van der Waals surface area contributed by atoms with Crippen molar-refractivity contribution in [2.45, 2.75) is 13.8 Å². The number of nitrogens with zero attached hydrogens (tertiary/aromatic N) is 1. The molecular weight excluding hydrogens is 318 g/mol. The van der Waals surface area contributed by atoms with Gasteiger partial charge in [-0.1, -0.05) is 23.7 Å². The van der Waals surface area contributed by atoms with Crippen LogP contribution in [-0.2, 0) is 9.47 Å². The van der Waals surface area contributed by atoms with Crippen molar-refractivity contribution in [2.24, 2.45) is 0 Å². The Balaban J connectivity index is 2.80. The van der Waals surface area contributed by atoms with E-state index in [-0.39, 0.29) is 5.69 Å². The Kier molecular flexibility index (Phi) is 5.01. The first kappa shape index (κ1) is 17.0. The van der Waals surface area contributed by atoms with E-state index in [0.29, 0.717) is 33.0 Å². The molecule has 0 aliphatic heterocycles. The van der Waals surface area contributed by atoms with Crippen LogP contribution in [0.3, 0.4) is 0 Å². The Labute approximate surface area is 139 Å². The van der Waals surface area contributed by atoms with Crippen molar-refractivity contribution in [2.75, 3.05) is 14.2 Å². The first-order valence-electron chi connectivity index (χ1n) is 6.84. The van der Waals surface area contributed by atoms with Gasteiger partial charge in [-0.25, -0.2) is 14.6 Å². The molecule has 0 spiro atoms. The number of ether oxygens (including phenoxy) is 2. The fourth-order valence-corrected chi connectivity index (χ4v) is 2.38. The van der Waals surface area contributed by atoms with E-state index in [1.807, 2.05) is 0 Å². The van der Waals surface area contributed by atoms with Crippen LogP contribution in [0.15, 0.2) is 24.3 Å². The summed E-state index contributed by atoms with van der Waals surface area (Å²) in [6.07, 6.45) is 0. The quantitative estimate of drug-likeness (QED) is 0.803. The van der Waals surface area contributed by atoms with E-state index in [0.717, 1.165) is 0 Å². The Morgan fingerprint density at radius 2 is 1.52 bits per heavy atom. The maximum atomic E-state index is 12.2. The Morgan fingerprint density at radius 1 is 0.957 bits per heavy atom. The van der Waals surface area contributed by atoms with Gasteiger partial charge in [0.2, 0.25) is 0 Å². The van der Waals surface area contributed by atoms with E-state index in [1.165, 1.54) is 14.2 Å². The second-order valence-electron chi connectivity index (χ2n) is 4.92. The fraction of sp³-hybridized carbons (Fsp3) is 0.235. The summed E-state index contributed by atoms with van der Waals surface area (Å²) >= 11 is 5.90. The number of aromatic nitrogens is 1. The molecular formula is C17H16ClNO4. The summed E-state index contributed by atoms with van der Waals surface area (Å²) in [5.41, 5.74) is 2.70. The highest BCUT2D eigenvalue weighted by molar-refractivity contribution is 6.30. The first-order chi connectivity index (χ1) is 10.9. The molecule has 0 N–H and O–H groups in total. The molecule has 0 amide bonds. The van der Waals surface area contributed by atoms with Gasteiger partial charge in [0.1, 0.15) is 0 Å². The van der Waals surface area contributed by atoms with Crippen LogP contribution in [0, 0.1) is 13.8 Å². The lowest BCUT2D eigenvalue weighted by molar-refractivity contribution is 0.0580. The molecule has 0 saturated carbocycles. The van der Waals surface area contributed by atoms with E-state index in [2.05, 4.69) is 4.98 Å². The number of hydrogen-bond donors (Lipinski definition) is 0. The number of methoxy groups -OCH3 is 2. The molecule has 0 unspecified atom stereocenters. The number of carbonyl (C=O) groups excluding carboxylic acids is 2. The molecule has 1 aromatic heterocycles. The van der Waals surface area contributed by atoms with Gasteiger partial charge in [0, 0.05) is 10.6 Å². The molecule has 1 aromatic carbocycles.